The molecule has 1 amide bonds. The van der Waals surface area contributed by atoms with Crippen LogP contribution in [0.1, 0.15) is 10.4 Å². The van der Waals surface area contributed by atoms with Crippen molar-refractivity contribution in [2.45, 2.75) is 0 Å². The van der Waals surface area contributed by atoms with Crippen LogP contribution in [0.25, 0.3) is 22.7 Å². The van der Waals surface area contributed by atoms with E-state index in [1.54, 1.807) is 36.5 Å². The molecule has 0 unspecified atom stereocenters. The molecular formula is C20H14FN3O3. The van der Waals surface area contributed by atoms with Crippen LogP contribution >= 0.6 is 0 Å². The van der Waals surface area contributed by atoms with Crippen molar-refractivity contribution >= 4 is 22.8 Å². The quantitative estimate of drug-likeness (QED) is 0.585. The van der Waals surface area contributed by atoms with Crippen molar-refractivity contribution in [3.05, 3.63) is 72.2 Å². The van der Waals surface area contributed by atoms with Gasteiger partial charge in [0.05, 0.1) is 12.8 Å². The summed E-state index contributed by atoms with van der Waals surface area (Å²) < 4.78 is 24.1. The molecule has 4 aromatic rings. The lowest BCUT2D eigenvalue weighted by Gasteiger charge is -2.11. The largest absolute Gasteiger partial charge is 0.495 e. The summed E-state index contributed by atoms with van der Waals surface area (Å²) in [4.78, 5) is 20.9. The van der Waals surface area contributed by atoms with Crippen molar-refractivity contribution in [1.82, 2.24) is 9.97 Å². The number of carbonyl (C=O) groups is 1. The fraction of sp³-hybridized carbons (Fsp3) is 0.0500. The number of nitrogens with one attached hydrogen (secondary N) is 1. The van der Waals surface area contributed by atoms with Gasteiger partial charge < -0.3 is 14.5 Å². The molecule has 2 aromatic heterocycles. The number of oxazole rings is 1. The number of pyridine rings is 1. The van der Waals surface area contributed by atoms with E-state index in [1.807, 2.05) is 0 Å². The highest BCUT2D eigenvalue weighted by Crippen LogP contribution is 2.31. The summed E-state index contributed by atoms with van der Waals surface area (Å²) in [6.45, 7) is 0. The van der Waals surface area contributed by atoms with Crippen molar-refractivity contribution in [1.29, 1.82) is 0 Å². The number of hydrogen-bond donors (Lipinski definition) is 1. The lowest BCUT2D eigenvalue weighted by molar-refractivity contribution is 0.102. The van der Waals surface area contributed by atoms with E-state index in [1.165, 1.54) is 31.4 Å². The second-order valence-corrected chi connectivity index (χ2v) is 5.72. The molecule has 0 saturated carbocycles. The number of nitrogens with zero attached hydrogens (tertiary/aromatic N) is 2. The number of anilines is 1. The molecule has 0 radical (unpaired) electrons. The van der Waals surface area contributed by atoms with Crippen LogP contribution in [0, 0.1) is 5.82 Å². The molecule has 0 fully saturated rings. The molecule has 4 rings (SSSR count). The lowest BCUT2D eigenvalue weighted by Crippen LogP contribution is -2.12. The maximum atomic E-state index is 13.1. The Morgan fingerprint density at radius 1 is 1.15 bits per heavy atom. The Morgan fingerprint density at radius 3 is 2.70 bits per heavy atom. The molecule has 0 spiro atoms. The molecule has 2 heterocycles. The molecule has 2 aromatic carbocycles. The first kappa shape index (κ1) is 16.7. The van der Waals surface area contributed by atoms with Crippen molar-refractivity contribution < 1.29 is 18.3 Å². The Hall–Kier alpha value is -3.74. The minimum atomic E-state index is -0.407. The summed E-state index contributed by atoms with van der Waals surface area (Å²) in [6.07, 6.45) is 1.64. The third-order valence-corrected chi connectivity index (χ3v) is 3.97. The van der Waals surface area contributed by atoms with Gasteiger partial charge in [-0.3, -0.25) is 4.79 Å². The van der Waals surface area contributed by atoms with E-state index in [2.05, 4.69) is 15.3 Å². The van der Waals surface area contributed by atoms with E-state index in [0.29, 0.717) is 39.7 Å². The maximum Gasteiger partial charge on any atom is 0.255 e. The monoisotopic (exact) mass is 363 g/mol. The first-order valence-corrected chi connectivity index (χ1v) is 8.11. The molecule has 0 atom stereocenters. The molecule has 27 heavy (non-hydrogen) atoms. The van der Waals surface area contributed by atoms with Gasteiger partial charge >= 0.3 is 0 Å². The maximum absolute atomic E-state index is 13.1. The predicted octanol–water partition coefficient (Wildman–Crippen LogP) is 4.29. The Morgan fingerprint density at radius 2 is 1.96 bits per heavy atom. The molecule has 0 bridgehead atoms. The number of methoxy groups -OCH3 is 1. The van der Waals surface area contributed by atoms with Crippen molar-refractivity contribution in [2.24, 2.45) is 0 Å². The molecule has 6 nitrogen and oxygen atoms in total. The van der Waals surface area contributed by atoms with Gasteiger partial charge in [-0.1, -0.05) is 0 Å². The number of fused-ring (bicyclic) bond motifs is 1. The highest BCUT2D eigenvalue weighted by Gasteiger charge is 2.14. The molecule has 1 N–H and O–H groups in total. The van der Waals surface area contributed by atoms with Gasteiger partial charge in [-0.2, -0.15) is 4.98 Å². The summed E-state index contributed by atoms with van der Waals surface area (Å²) in [5.74, 6) is 0.0625. The highest BCUT2D eigenvalue weighted by molar-refractivity contribution is 6.05. The molecule has 7 heteroatoms. The number of benzene rings is 2. The smallest absolute Gasteiger partial charge is 0.255 e. The second-order valence-electron chi connectivity index (χ2n) is 5.72. The van der Waals surface area contributed by atoms with E-state index < -0.39 is 5.82 Å². The number of halogens is 1. The van der Waals surface area contributed by atoms with Gasteiger partial charge in [0.15, 0.2) is 11.2 Å². The van der Waals surface area contributed by atoms with E-state index in [4.69, 9.17) is 9.15 Å². The number of amides is 1. The van der Waals surface area contributed by atoms with Gasteiger partial charge in [-0.05, 0) is 54.6 Å². The minimum Gasteiger partial charge on any atom is -0.495 e. The first-order valence-electron chi connectivity index (χ1n) is 8.11. The Kier molecular flexibility index (Phi) is 4.25. The molecule has 0 aliphatic carbocycles. The lowest BCUT2D eigenvalue weighted by atomic mass is 10.1. The van der Waals surface area contributed by atoms with Crippen LogP contribution in [0.3, 0.4) is 0 Å². The zero-order chi connectivity index (χ0) is 18.8. The van der Waals surface area contributed by atoms with Crippen molar-refractivity contribution in [3.63, 3.8) is 0 Å². The Bertz CT molecular complexity index is 1090. The van der Waals surface area contributed by atoms with Gasteiger partial charge in [0.25, 0.3) is 5.91 Å². The predicted molar refractivity (Wildman–Crippen MR) is 98.1 cm³/mol. The molecule has 0 saturated heterocycles. The summed E-state index contributed by atoms with van der Waals surface area (Å²) in [7, 11) is 1.51. The number of rotatable bonds is 4. The van der Waals surface area contributed by atoms with E-state index in [9.17, 15) is 9.18 Å². The van der Waals surface area contributed by atoms with Gasteiger partial charge in [0.2, 0.25) is 5.89 Å². The molecular weight excluding hydrogens is 349 g/mol. The minimum absolute atomic E-state index is 0.329. The van der Waals surface area contributed by atoms with Gasteiger partial charge in [-0.25, -0.2) is 9.37 Å². The second kappa shape index (κ2) is 6.87. The highest BCUT2D eigenvalue weighted by atomic mass is 19.1. The van der Waals surface area contributed by atoms with Crippen LogP contribution in [0.2, 0.25) is 0 Å². The molecule has 0 aliphatic rings. The third-order valence-electron chi connectivity index (χ3n) is 3.97. The average molecular weight is 363 g/mol. The van der Waals surface area contributed by atoms with Gasteiger partial charge in [0.1, 0.15) is 11.6 Å². The van der Waals surface area contributed by atoms with E-state index in [-0.39, 0.29) is 5.91 Å². The van der Waals surface area contributed by atoms with Crippen LogP contribution in [-0.4, -0.2) is 23.0 Å². The number of aromatic nitrogens is 2. The molecule has 0 aliphatic heterocycles. The first-order chi connectivity index (χ1) is 13.1. The number of carbonyl (C=O) groups excluding carboxylic acids is 1. The van der Waals surface area contributed by atoms with E-state index >= 15 is 0 Å². The van der Waals surface area contributed by atoms with Crippen LogP contribution in [0.15, 0.2) is 65.2 Å². The van der Waals surface area contributed by atoms with Crippen LogP contribution in [0.5, 0.6) is 5.75 Å². The van der Waals surface area contributed by atoms with Crippen molar-refractivity contribution in [3.8, 4) is 17.2 Å². The van der Waals surface area contributed by atoms with Crippen LogP contribution < -0.4 is 10.1 Å². The zero-order valence-electron chi connectivity index (χ0n) is 14.3. The fourth-order valence-electron chi connectivity index (χ4n) is 2.63. The normalized spacial score (nSPS) is 10.7. The summed E-state index contributed by atoms with van der Waals surface area (Å²) in [5, 5.41) is 2.77. The average Bonchev–Trinajstić information content (AvgIpc) is 3.12. The van der Waals surface area contributed by atoms with Gasteiger partial charge in [-0.15, -0.1) is 0 Å². The summed E-state index contributed by atoms with van der Waals surface area (Å²) >= 11 is 0. The third kappa shape index (κ3) is 3.35. The van der Waals surface area contributed by atoms with E-state index in [0.717, 1.165) is 0 Å². The summed E-state index contributed by atoms with van der Waals surface area (Å²) in [6, 6.07) is 14.0. The zero-order valence-corrected chi connectivity index (χ0v) is 14.3. The summed E-state index contributed by atoms with van der Waals surface area (Å²) in [5.41, 5.74) is 2.50. The fourth-order valence-corrected chi connectivity index (χ4v) is 2.63. The van der Waals surface area contributed by atoms with Crippen molar-refractivity contribution in [2.75, 3.05) is 12.4 Å². The Balaban J connectivity index is 1.68. The number of hydrogen-bond acceptors (Lipinski definition) is 5. The van der Waals surface area contributed by atoms with Gasteiger partial charge in [0, 0.05) is 17.3 Å². The standard InChI is InChI=1S/C20H14FN3O3/c1-26-16-9-6-13(20-24-18-17(27-20)3-2-10-22-18)11-15(16)23-19(25)12-4-7-14(21)8-5-12/h2-11H,1H3,(H,23,25). The topological polar surface area (TPSA) is 77.2 Å². The van der Waals surface area contributed by atoms with Crippen LogP contribution in [0.4, 0.5) is 10.1 Å². The van der Waals surface area contributed by atoms with Crippen LogP contribution in [-0.2, 0) is 0 Å². The Labute approximate surface area is 153 Å². The molecule has 134 valence electrons. The SMILES string of the molecule is COc1ccc(-c2nc3ncccc3o2)cc1NC(=O)c1ccc(F)cc1. The number of ether oxygens (including phenoxy) is 1.